The fraction of sp³-hybridized carbons (Fsp3) is 0.733. The largest absolute Gasteiger partial charge is 0.312 e. The Balaban J connectivity index is 2.89. The summed E-state index contributed by atoms with van der Waals surface area (Å²) in [4.78, 5) is 1.35. The fourth-order valence-corrected chi connectivity index (χ4v) is 4.85. The Morgan fingerprint density at radius 2 is 1.95 bits per heavy atom. The highest BCUT2D eigenvalue weighted by Crippen LogP contribution is 2.27. The number of rotatable bonds is 9. The summed E-state index contributed by atoms with van der Waals surface area (Å²) in [6, 6.07) is 0. The monoisotopic (exact) mass is 332 g/mol. The van der Waals surface area contributed by atoms with E-state index in [1.165, 1.54) is 11.3 Å². The molecule has 6 heteroatoms. The first-order valence-corrected chi connectivity index (χ1v) is 9.87. The molecule has 0 fully saturated rings. The Labute approximate surface area is 133 Å². The molecule has 0 atom stereocenters. The molecule has 0 bridgehead atoms. The Morgan fingerprint density at radius 3 is 2.52 bits per heavy atom. The number of nitrogens with one attached hydrogen (secondary N) is 2. The molecule has 0 amide bonds. The molecule has 1 aromatic heterocycles. The van der Waals surface area contributed by atoms with E-state index in [9.17, 15) is 8.42 Å². The molecule has 2 N–H and O–H groups in total. The molecule has 0 saturated heterocycles. The van der Waals surface area contributed by atoms with E-state index >= 15 is 0 Å². The van der Waals surface area contributed by atoms with Gasteiger partial charge in [0.05, 0.1) is 0 Å². The summed E-state index contributed by atoms with van der Waals surface area (Å²) >= 11 is 1.51. The maximum absolute atomic E-state index is 12.6. The molecule has 122 valence electrons. The van der Waals surface area contributed by atoms with Crippen LogP contribution in [-0.4, -0.2) is 21.5 Å². The lowest BCUT2D eigenvalue weighted by Crippen LogP contribution is -2.34. The second kappa shape index (κ2) is 7.72. The number of hydrogen-bond donors (Lipinski definition) is 2. The van der Waals surface area contributed by atoms with Crippen molar-refractivity contribution >= 4 is 21.4 Å². The van der Waals surface area contributed by atoms with Gasteiger partial charge in [-0.05, 0) is 42.7 Å². The Morgan fingerprint density at radius 1 is 1.29 bits per heavy atom. The Hall–Kier alpha value is -0.430. The van der Waals surface area contributed by atoms with Gasteiger partial charge < -0.3 is 5.32 Å². The zero-order valence-corrected chi connectivity index (χ0v) is 15.4. The molecule has 0 aliphatic heterocycles. The van der Waals surface area contributed by atoms with Crippen molar-refractivity contribution in [1.82, 2.24) is 10.0 Å². The summed E-state index contributed by atoms with van der Waals surface area (Å²) in [6.45, 7) is 12.1. The third kappa shape index (κ3) is 5.36. The summed E-state index contributed by atoms with van der Waals surface area (Å²) in [5.74, 6) is 0. The SMILES string of the molecule is CCCNCc1scc(C)c1S(=O)(=O)NCC(C)(C)CC. The van der Waals surface area contributed by atoms with E-state index in [-0.39, 0.29) is 5.41 Å². The predicted octanol–water partition coefficient (Wildman–Crippen LogP) is 3.27. The third-order valence-electron chi connectivity index (χ3n) is 3.67. The van der Waals surface area contributed by atoms with Gasteiger partial charge in [0.25, 0.3) is 0 Å². The third-order valence-corrected chi connectivity index (χ3v) is 6.53. The Bertz CT molecular complexity index is 548. The van der Waals surface area contributed by atoms with Crippen LogP contribution in [0, 0.1) is 12.3 Å². The summed E-state index contributed by atoms with van der Waals surface area (Å²) in [6.07, 6.45) is 1.97. The van der Waals surface area contributed by atoms with Crippen LogP contribution >= 0.6 is 11.3 Å². The van der Waals surface area contributed by atoms with E-state index < -0.39 is 10.0 Å². The number of hydrogen-bond acceptors (Lipinski definition) is 4. The van der Waals surface area contributed by atoms with E-state index in [2.05, 4.69) is 37.7 Å². The van der Waals surface area contributed by atoms with Gasteiger partial charge >= 0.3 is 0 Å². The average molecular weight is 333 g/mol. The summed E-state index contributed by atoms with van der Waals surface area (Å²) in [5.41, 5.74) is 0.799. The minimum Gasteiger partial charge on any atom is -0.312 e. The highest BCUT2D eigenvalue weighted by molar-refractivity contribution is 7.89. The lowest BCUT2D eigenvalue weighted by atomic mass is 9.91. The van der Waals surface area contributed by atoms with E-state index in [4.69, 9.17) is 0 Å². The van der Waals surface area contributed by atoms with Crippen molar-refractivity contribution in [2.24, 2.45) is 5.41 Å². The molecule has 1 rings (SSSR count). The van der Waals surface area contributed by atoms with Crippen LogP contribution in [0.15, 0.2) is 10.3 Å². The first kappa shape index (κ1) is 18.6. The van der Waals surface area contributed by atoms with Crippen molar-refractivity contribution in [3.8, 4) is 0 Å². The standard InChI is InChI=1S/C15H28N2O2S2/c1-6-8-16-9-13-14(12(3)10-20-13)21(18,19)17-11-15(4,5)7-2/h10,16-17H,6-9,11H2,1-5H3. The van der Waals surface area contributed by atoms with Gasteiger partial charge in [0.15, 0.2) is 0 Å². The molecule has 0 spiro atoms. The molecule has 0 radical (unpaired) electrons. The molecular weight excluding hydrogens is 304 g/mol. The van der Waals surface area contributed by atoms with Crippen LogP contribution in [0.25, 0.3) is 0 Å². The van der Waals surface area contributed by atoms with E-state index in [0.717, 1.165) is 29.8 Å². The molecule has 0 unspecified atom stereocenters. The maximum Gasteiger partial charge on any atom is 0.242 e. The lowest BCUT2D eigenvalue weighted by molar-refractivity contribution is 0.350. The maximum atomic E-state index is 12.6. The van der Waals surface area contributed by atoms with Gasteiger partial charge in [-0.25, -0.2) is 13.1 Å². The topological polar surface area (TPSA) is 58.2 Å². The van der Waals surface area contributed by atoms with Gasteiger partial charge in [-0.3, -0.25) is 0 Å². The summed E-state index contributed by atoms with van der Waals surface area (Å²) in [7, 11) is -3.44. The zero-order valence-electron chi connectivity index (χ0n) is 13.7. The van der Waals surface area contributed by atoms with Crippen LogP contribution < -0.4 is 10.0 Å². The van der Waals surface area contributed by atoms with Gasteiger partial charge in [-0.2, -0.15) is 0 Å². The number of sulfonamides is 1. The van der Waals surface area contributed by atoms with Gasteiger partial charge in [0, 0.05) is 18.0 Å². The molecule has 1 aromatic rings. The van der Waals surface area contributed by atoms with E-state index in [0.29, 0.717) is 18.0 Å². The van der Waals surface area contributed by atoms with Crippen molar-refractivity contribution < 1.29 is 8.42 Å². The van der Waals surface area contributed by atoms with Crippen molar-refractivity contribution in [3.63, 3.8) is 0 Å². The normalized spacial score (nSPS) is 12.8. The summed E-state index contributed by atoms with van der Waals surface area (Å²) < 4.78 is 28.0. The average Bonchev–Trinajstić information content (AvgIpc) is 2.79. The molecule has 0 saturated carbocycles. The minimum absolute atomic E-state index is 0.0301. The van der Waals surface area contributed by atoms with Crippen molar-refractivity contribution in [3.05, 3.63) is 15.8 Å². The number of thiophene rings is 1. The smallest absolute Gasteiger partial charge is 0.242 e. The first-order valence-electron chi connectivity index (χ1n) is 7.51. The quantitative estimate of drug-likeness (QED) is 0.682. The molecule has 21 heavy (non-hydrogen) atoms. The molecular formula is C15H28N2O2S2. The number of aryl methyl sites for hydroxylation is 1. The van der Waals surface area contributed by atoms with Crippen LogP contribution in [0.1, 0.15) is 51.0 Å². The van der Waals surface area contributed by atoms with Crippen LogP contribution in [0.2, 0.25) is 0 Å². The highest BCUT2D eigenvalue weighted by atomic mass is 32.2. The van der Waals surface area contributed by atoms with Gasteiger partial charge in [0.1, 0.15) is 4.90 Å². The summed E-state index contributed by atoms with van der Waals surface area (Å²) in [5, 5.41) is 5.20. The van der Waals surface area contributed by atoms with Crippen LogP contribution in [-0.2, 0) is 16.6 Å². The molecule has 4 nitrogen and oxygen atoms in total. The minimum atomic E-state index is -3.44. The van der Waals surface area contributed by atoms with Gasteiger partial charge in [-0.1, -0.05) is 27.7 Å². The Kier molecular flexibility index (Phi) is 6.84. The van der Waals surface area contributed by atoms with E-state index in [1.54, 1.807) is 0 Å². The second-order valence-corrected chi connectivity index (χ2v) is 8.86. The van der Waals surface area contributed by atoms with Crippen molar-refractivity contribution in [1.29, 1.82) is 0 Å². The second-order valence-electron chi connectivity index (χ2n) is 6.19. The predicted molar refractivity (Wildman–Crippen MR) is 90.3 cm³/mol. The molecule has 0 aliphatic carbocycles. The van der Waals surface area contributed by atoms with Crippen LogP contribution in [0.4, 0.5) is 0 Å². The van der Waals surface area contributed by atoms with Crippen molar-refractivity contribution in [2.45, 2.75) is 58.9 Å². The zero-order chi connectivity index (χ0) is 16.1. The van der Waals surface area contributed by atoms with Gasteiger partial charge in [-0.15, -0.1) is 11.3 Å². The van der Waals surface area contributed by atoms with E-state index in [1.807, 2.05) is 12.3 Å². The molecule has 0 aromatic carbocycles. The fourth-order valence-electron chi connectivity index (χ4n) is 1.84. The van der Waals surface area contributed by atoms with Crippen LogP contribution in [0.5, 0.6) is 0 Å². The first-order chi connectivity index (χ1) is 9.73. The molecule has 1 heterocycles. The molecule has 0 aliphatic rings. The van der Waals surface area contributed by atoms with Gasteiger partial charge in [0.2, 0.25) is 10.0 Å². The van der Waals surface area contributed by atoms with Crippen molar-refractivity contribution in [2.75, 3.05) is 13.1 Å². The van der Waals surface area contributed by atoms with Crippen LogP contribution in [0.3, 0.4) is 0 Å². The highest BCUT2D eigenvalue weighted by Gasteiger charge is 2.25. The lowest BCUT2D eigenvalue weighted by Gasteiger charge is -2.23.